The summed E-state index contributed by atoms with van der Waals surface area (Å²) >= 11 is 0. The second-order valence-corrected chi connectivity index (χ2v) is 4.88. The number of alkyl halides is 6. The molecule has 0 radical (unpaired) electrons. The zero-order valence-corrected chi connectivity index (χ0v) is 12.3. The molecule has 0 bridgehead atoms. The third kappa shape index (κ3) is 3.72. The predicted octanol–water partition coefficient (Wildman–Crippen LogP) is 1.96. The Bertz CT molecular complexity index is 643. The number of Topliss-reactive ketones (excluding diaryl/α,β-unsaturated/α-hetero) is 1. The van der Waals surface area contributed by atoms with Crippen LogP contribution in [0, 0.1) is 5.92 Å². The topological polar surface area (TPSA) is 96.4 Å². The van der Waals surface area contributed by atoms with E-state index in [-0.39, 0.29) is 6.92 Å². The fourth-order valence-electron chi connectivity index (χ4n) is 2.11. The molecule has 0 fully saturated rings. The number of hydrogen-bond acceptors (Lipinski definition) is 4. The van der Waals surface area contributed by atoms with Gasteiger partial charge in [0.05, 0.1) is 5.56 Å². The van der Waals surface area contributed by atoms with Gasteiger partial charge in [0.15, 0.2) is 5.92 Å². The minimum absolute atomic E-state index is 0.251. The van der Waals surface area contributed by atoms with E-state index in [0.29, 0.717) is 11.5 Å². The highest BCUT2D eigenvalue weighted by Gasteiger charge is 2.78. The third-order valence-electron chi connectivity index (χ3n) is 3.22. The minimum atomic E-state index is -6.34. The number of nitrogens with zero attached hydrogens (tertiary/aromatic N) is 1. The smallest absolute Gasteiger partial charge is 0.421 e. The molecule has 25 heavy (non-hydrogen) atoms. The Hall–Kier alpha value is -2.66. The summed E-state index contributed by atoms with van der Waals surface area (Å²) < 4.78 is 80.1. The fraction of sp³-hybridized carbons (Fsp3) is 0.385. The van der Waals surface area contributed by atoms with Crippen LogP contribution in [0.1, 0.15) is 17.3 Å². The molecular formula is C13H10F6N2O4. The van der Waals surface area contributed by atoms with Gasteiger partial charge in [0, 0.05) is 12.4 Å². The molecule has 0 saturated carbocycles. The molecule has 6 nitrogen and oxygen atoms in total. The summed E-state index contributed by atoms with van der Waals surface area (Å²) in [4.78, 5) is 37.5. The van der Waals surface area contributed by atoms with Gasteiger partial charge in [0.2, 0.25) is 0 Å². The van der Waals surface area contributed by atoms with Gasteiger partial charge in [0.1, 0.15) is 5.78 Å². The van der Waals surface area contributed by atoms with E-state index in [1.165, 1.54) is 0 Å². The van der Waals surface area contributed by atoms with E-state index in [9.17, 15) is 40.7 Å². The van der Waals surface area contributed by atoms with E-state index in [4.69, 9.17) is 5.11 Å². The Morgan fingerprint density at radius 3 is 1.96 bits per heavy atom. The van der Waals surface area contributed by atoms with E-state index >= 15 is 0 Å². The number of hydrogen-bond donors (Lipinski definition) is 2. The van der Waals surface area contributed by atoms with Crippen molar-refractivity contribution < 1.29 is 45.8 Å². The Morgan fingerprint density at radius 1 is 1.12 bits per heavy atom. The molecule has 0 saturated heterocycles. The van der Waals surface area contributed by atoms with Crippen molar-refractivity contribution >= 4 is 17.7 Å². The van der Waals surface area contributed by atoms with Crippen LogP contribution >= 0.6 is 0 Å². The van der Waals surface area contributed by atoms with Crippen molar-refractivity contribution in [2.24, 2.45) is 5.92 Å². The molecule has 0 spiro atoms. The van der Waals surface area contributed by atoms with Gasteiger partial charge in [0.25, 0.3) is 11.4 Å². The number of halogens is 6. The number of aromatic nitrogens is 1. The number of carbonyl (C=O) groups is 3. The number of nitrogens with one attached hydrogen (secondary N) is 1. The van der Waals surface area contributed by atoms with E-state index < -0.39 is 47.0 Å². The monoisotopic (exact) mass is 372 g/mol. The molecule has 0 aliphatic heterocycles. The normalized spacial score (nSPS) is 13.9. The molecule has 1 aromatic rings. The fourth-order valence-corrected chi connectivity index (χ4v) is 2.11. The molecule has 1 atom stereocenters. The van der Waals surface area contributed by atoms with Crippen molar-refractivity contribution in [3.8, 4) is 0 Å². The molecular weight excluding hydrogens is 362 g/mol. The molecule has 12 heteroatoms. The first-order valence-corrected chi connectivity index (χ1v) is 6.35. The molecule has 0 aliphatic rings. The summed E-state index contributed by atoms with van der Waals surface area (Å²) in [6, 6.07) is 1.93. The molecule has 1 heterocycles. The summed E-state index contributed by atoms with van der Waals surface area (Å²) in [6.07, 6.45) is -10.9. The zero-order valence-electron chi connectivity index (χ0n) is 12.3. The van der Waals surface area contributed by atoms with Crippen LogP contribution in [-0.2, 0) is 9.59 Å². The highest BCUT2D eigenvalue weighted by atomic mass is 19.4. The Morgan fingerprint density at radius 2 is 1.64 bits per heavy atom. The average molecular weight is 372 g/mol. The second kappa shape index (κ2) is 6.69. The van der Waals surface area contributed by atoms with Gasteiger partial charge in [-0.1, -0.05) is 0 Å². The average Bonchev–Trinajstić information content (AvgIpc) is 2.44. The number of carboxylic acid groups (broad SMARTS) is 1. The lowest BCUT2D eigenvalue weighted by molar-refractivity contribution is -0.314. The standard InChI is InChI=1S/C13H10F6N2O4/c1-6(22)8(10(24)25)11(12(14,15)16,13(17,18)19)21-9(23)7-3-2-4-20-5-7/h2-5,8H,1H3,(H,21,23)(H,24,25). The van der Waals surface area contributed by atoms with Crippen molar-refractivity contribution in [1.82, 2.24) is 10.3 Å². The van der Waals surface area contributed by atoms with Crippen LogP contribution in [0.4, 0.5) is 26.3 Å². The van der Waals surface area contributed by atoms with Gasteiger partial charge < -0.3 is 10.4 Å². The maximum absolute atomic E-state index is 13.4. The Kier molecular flexibility index (Phi) is 5.45. The van der Waals surface area contributed by atoms with Crippen molar-refractivity contribution in [1.29, 1.82) is 0 Å². The molecule has 1 aromatic heterocycles. The molecule has 1 unspecified atom stereocenters. The van der Waals surface area contributed by atoms with Gasteiger partial charge in [-0.05, 0) is 19.1 Å². The number of pyridine rings is 1. The van der Waals surface area contributed by atoms with Gasteiger partial charge in [-0.3, -0.25) is 19.4 Å². The van der Waals surface area contributed by atoms with Gasteiger partial charge >= 0.3 is 18.3 Å². The van der Waals surface area contributed by atoms with E-state index in [2.05, 4.69) is 4.98 Å². The van der Waals surface area contributed by atoms with Crippen molar-refractivity contribution in [3.05, 3.63) is 30.1 Å². The van der Waals surface area contributed by atoms with Crippen molar-refractivity contribution in [3.63, 3.8) is 0 Å². The summed E-state index contributed by atoms with van der Waals surface area (Å²) in [6.45, 7) is 0.251. The maximum Gasteiger partial charge on any atom is 0.421 e. The van der Waals surface area contributed by atoms with Gasteiger partial charge in [-0.15, -0.1) is 0 Å². The largest absolute Gasteiger partial charge is 0.481 e. The molecule has 138 valence electrons. The first kappa shape index (κ1) is 20.4. The highest BCUT2D eigenvalue weighted by Crippen LogP contribution is 2.48. The molecule has 1 amide bonds. The van der Waals surface area contributed by atoms with Gasteiger partial charge in [-0.25, -0.2) is 0 Å². The highest BCUT2D eigenvalue weighted by molar-refractivity contribution is 6.01. The first-order chi connectivity index (χ1) is 11.3. The minimum Gasteiger partial charge on any atom is -0.481 e. The quantitative estimate of drug-likeness (QED) is 0.609. The maximum atomic E-state index is 13.4. The second-order valence-electron chi connectivity index (χ2n) is 4.88. The summed E-state index contributed by atoms with van der Waals surface area (Å²) in [5, 5.41) is 9.46. The Labute approximate surface area is 135 Å². The van der Waals surface area contributed by atoms with Crippen LogP contribution in [0.15, 0.2) is 24.5 Å². The SMILES string of the molecule is CC(=O)C(C(=O)O)C(NC(=O)c1cccnc1)(C(F)(F)F)C(F)(F)F. The van der Waals surface area contributed by atoms with Crippen LogP contribution in [-0.4, -0.2) is 45.6 Å². The lowest BCUT2D eigenvalue weighted by atomic mass is 9.79. The molecule has 2 N–H and O–H groups in total. The van der Waals surface area contributed by atoms with Crippen LogP contribution in [0.5, 0.6) is 0 Å². The lowest BCUT2D eigenvalue weighted by Crippen LogP contribution is -2.74. The Balaban J connectivity index is 3.64. The summed E-state index contributed by atoms with van der Waals surface area (Å²) in [5.41, 5.74) is -6.00. The van der Waals surface area contributed by atoms with Crippen molar-refractivity contribution in [2.75, 3.05) is 0 Å². The van der Waals surface area contributed by atoms with Crippen LogP contribution in [0.25, 0.3) is 0 Å². The van der Waals surface area contributed by atoms with Crippen molar-refractivity contribution in [2.45, 2.75) is 24.8 Å². The summed E-state index contributed by atoms with van der Waals surface area (Å²) in [7, 11) is 0. The van der Waals surface area contributed by atoms with E-state index in [0.717, 1.165) is 18.3 Å². The van der Waals surface area contributed by atoms with Gasteiger partial charge in [-0.2, -0.15) is 26.3 Å². The third-order valence-corrected chi connectivity index (χ3v) is 3.22. The zero-order chi connectivity index (χ0) is 19.6. The summed E-state index contributed by atoms with van der Waals surface area (Å²) in [5.74, 6) is -10.1. The molecule has 0 aliphatic carbocycles. The van der Waals surface area contributed by atoms with E-state index in [1.807, 2.05) is 0 Å². The molecule has 1 rings (SSSR count). The molecule has 0 aromatic carbocycles. The number of rotatable bonds is 5. The number of carboxylic acids is 1. The van der Waals surface area contributed by atoms with E-state index in [1.54, 1.807) is 0 Å². The van der Waals surface area contributed by atoms with Crippen LogP contribution in [0.3, 0.4) is 0 Å². The first-order valence-electron chi connectivity index (χ1n) is 6.35. The lowest BCUT2D eigenvalue weighted by Gasteiger charge is -2.40. The predicted molar refractivity (Wildman–Crippen MR) is 68.4 cm³/mol. The number of amides is 1. The number of aliphatic carboxylic acids is 1. The number of carbonyl (C=O) groups excluding carboxylic acids is 2. The van der Waals surface area contributed by atoms with Crippen LogP contribution in [0.2, 0.25) is 0 Å². The number of ketones is 1. The van der Waals surface area contributed by atoms with Crippen LogP contribution < -0.4 is 5.32 Å².